The molecule has 1 aliphatic heterocycles. The highest BCUT2D eigenvalue weighted by Crippen LogP contribution is 2.20. The SMILES string of the molecule is CC1CC(C)CN(CCCCNC(=O)NCCc2cnn(-c3ccccc3)c2)C1. The molecule has 0 saturated carbocycles. The Morgan fingerprint density at radius 3 is 2.55 bits per heavy atom. The number of amides is 2. The van der Waals surface area contributed by atoms with Gasteiger partial charge in [-0.3, -0.25) is 0 Å². The fourth-order valence-corrected chi connectivity index (χ4v) is 4.23. The van der Waals surface area contributed by atoms with Crippen LogP contribution in [0.4, 0.5) is 4.79 Å². The van der Waals surface area contributed by atoms with Crippen molar-refractivity contribution in [2.24, 2.45) is 11.8 Å². The number of nitrogens with one attached hydrogen (secondary N) is 2. The Kier molecular flexibility index (Phi) is 8.11. The molecule has 1 fully saturated rings. The number of aromatic nitrogens is 2. The van der Waals surface area contributed by atoms with Crippen molar-refractivity contribution < 1.29 is 4.79 Å². The van der Waals surface area contributed by atoms with Crippen molar-refractivity contribution in [3.63, 3.8) is 0 Å². The summed E-state index contributed by atoms with van der Waals surface area (Å²) in [5, 5.41) is 10.3. The summed E-state index contributed by atoms with van der Waals surface area (Å²) in [5.41, 5.74) is 2.15. The molecule has 2 atom stereocenters. The third-order valence-corrected chi connectivity index (χ3v) is 5.49. The molecule has 2 aromatic rings. The van der Waals surface area contributed by atoms with E-state index in [9.17, 15) is 4.79 Å². The molecule has 1 aliphatic rings. The van der Waals surface area contributed by atoms with E-state index in [0.29, 0.717) is 6.54 Å². The molecule has 6 heteroatoms. The standard InChI is InChI=1S/C23H35N5O/c1-19-14-20(2)17-27(16-19)13-7-6-11-24-23(29)25-12-10-21-15-26-28(18-21)22-8-4-3-5-9-22/h3-5,8-9,15,18-20H,6-7,10-14,16-17H2,1-2H3,(H2,24,25,29). The highest BCUT2D eigenvalue weighted by Gasteiger charge is 2.20. The molecule has 29 heavy (non-hydrogen) atoms. The number of unbranched alkanes of at least 4 members (excludes halogenated alkanes) is 1. The second-order valence-corrected chi connectivity index (χ2v) is 8.47. The molecular weight excluding hydrogens is 362 g/mol. The predicted molar refractivity (Wildman–Crippen MR) is 117 cm³/mol. The zero-order valence-electron chi connectivity index (χ0n) is 17.8. The number of carbonyl (C=O) groups excluding carboxylic acids is 1. The molecule has 1 aromatic heterocycles. The number of likely N-dealkylation sites (tertiary alicyclic amines) is 1. The van der Waals surface area contributed by atoms with E-state index in [1.807, 2.05) is 47.4 Å². The van der Waals surface area contributed by atoms with Crippen LogP contribution in [0.2, 0.25) is 0 Å². The lowest BCUT2D eigenvalue weighted by Crippen LogP contribution is -2.40. The largest absolute Gasteiger partial charge is 0.338 e. The van der Waals surface area contributed by atoms with Crippen LogP contribution in [0.25, 0.3) is 5.69 Å². The van der Waals surface area contributed by atoms with Crippen molar-refractivity contribution in [1.82, 2.24) is 25.3 Å². The number of hydrogen-bond acceptors (Lipinski definition) is 3. The van der Waals surface area contributed by atoms with Gasteiger partial charge in [0.05, 0.1) is 11.9 Å². The van der Waals surface area contributed by atoms with Gasteiger partial charge in [0, 0.05) is 32.4 Å². The number of urea groups is 1. The lowest BCUT2D eigenvalue weighted by molar-refractivity contribution is 0.139. The third-order valence-electron chi connectivity index (χ3n) is 5.49. The van der Waals surface area contributed by atoms with E-state index in [1.54, 1.807) is 0 Å². The van der Waals surface area contributed by atoms with E-state index in [4.69, 9.17) is 0 Å². The van der Waals surface area contributed by atoms with E-state index in [-0.39, 0.29) is 6.03 Å². The number of rotatable bonds is 9. The molecule has 158 valence electrons. The summed E-state index contributed by atoms with van der Waals surface area (Å²) in [6.07, 6.45) is 8.15. The van der Waals surface area contributed by atoms with Crippen LogP contribution in [-0.4, -0.2) is 53.4 Å². The van der Waals surface area contributed by atoms with Gasteiger partial charge in [0.1, 0.15) is 0 Å². The van der Waals surface area contributed by atoms with Crippen LogP contribution in [-0.2, 0) is 6.42 Å². The van der Waals surface area contributed by atoms with Crippen LogP contribution in [0.5, 0.6) is 0 Å². The first-order valence-corrected chi connectivity index (χ1v) is 10.9. The first kappa shape index (κ1) is 21.4. The average molecular weight is 398 g/mol. The summed E-state index contributed by atoms with van der Waals surface area (Å²) in [5.74, 6) is 1.62. The van der Waals surface area contributed by atoms with Crippen LogP contribution in [0.15, 0.2) is 42.7 Å². The lowest BCUT2D eigenvalue weighted by atomic mass is 9.92. The monoisotopic (exact) mass is 397 g/mol. The van der Waals surface area contributed by atoms with Gasteiger partial charge in [-0.1, -0.05) is 32.0 Å². The van der Waals surface area contributed by atoms with E-state index in [0.717, 1.165) is 55.4 Å². The van der Waals surface area contributed by atoms with Gasteiger partial charge in [0.15, 0.2) is 0 Å². The normalized spacial score (nSPS) is 19.8. The maximum atomic E-state index is 12.0. The van der Waals surface area contributed by atoms with Crippen molar-refractivity contribution in [3.05, 3.63) is 48.3 Å². The topological polar surface area (TPSA) is 62.2 Å². The average Bonchev–Trinajstić information content (AvgIpc) is 3.17. The number of hydrogen-bond donors (Lipinski definition) is 2. The van der Waals surface area contributed by atoms with Gasteiger partial charge in [0.25, 0.3) is 0 Å². The van der Waals surface area contributed by atoms with Gasteiger partial charge in [0.2, 0.25) is 0 Å². The Hall–Kier alpha value is -2.34. The number of para-hydroxylation sites is 1. The Morgan fingerprint density at radius 2 is 1.79 bits per heavy atom. The fraction of sp³-hybridized carbons (Fsp3) is 0.565. The first-order valence-electron chi connectivity index (χ1n) is 10.9. The van der Waals surface area contributed by atoms with Gasteiger partial charge in [-0.2, -0.15) is 5.10 Å². The molecule has 2 unspecified atom stereocenters. The minimum atomic E-state index is -0.0827. The van der Waals surface area contributed by atoms with Gasteiger partial charge in [-0.05, 0) is 61.8 Å². The molecule has 0 radical (unpaired) electrons. The third kappa shape index (κ3) is 7.20. The first-order chi connectivity index (χ1) is 14.1. The molecule has 0 aliphatic carbocycles. The highest BCUT2D eigenvalue weighted by molar-refractivity contribution is 5.73. The maximum absolute atomic E-state index is 12.0. The Labute approximate surface area is 174 Å². The van der Waals surface area contributed by atoms with E-state index < -0.39 is 0 Å². The Balaban J connectivity index is 1.25. The van der Waals surface area contributed by atoms with Gasteiger partial charge in [-0.15, -0.1) is 0 Å². The van der Waals surface area contributed by atoms with Crippen LogP contribution < -0.4 is 10.6 Å². The highest BCUT2D eigenvalue weighted by atomic mass is 16.2. The number of piperidine rings is 1. The molecular formula is C23H35N5O. The number of nitrogens with zero attached hydrogens (tertiary/aromatic N) is 3. The summed E-state index contributed by atoms with van der Waals surface area (Å²) in [7, 11) is 0. The summed E-state index contributed by atoms with van der Waals surface area (Å²) in [6.45, 7) is 9.62. The molecule has 1 saturated heterocycles. The summed E-state index contributed by atoms with van der Waals surface area (Å²) < 4.78 is 1.86. The van der Waals surface area contributed by atoms with Crippen molar-refractivity contribution in [3.8, 4) is 5.69 Å². The number of benzene rings is 1. The molecule has 0 bridgehead atoms. The van der Waals surface area contributed by atoms with Crippen molar-refractivity contribution in [2.45, 2.75) is 39.5 Å². The molecule has 2 N–H and O–H groups in total. The second-order valence-electron chi connectivity index (χ2n) is 8.47. The van der Waals surface area contributed by atoms with E-state index in [1.165, 1.54) is 19.5 Å². The molecule has 2 heterocycles. The van der Waals surface area contributed by atoms with E-state index >= 15 is 0 Å². The van der Waals surface area contributed by atoms with Crippen molar-refractivity contribution >= 4 is 6.03 Å². The van der Waals surface area contributed by atoms with Crippen molar-refractivity contribution in [2.75, 3.05) is 32.7 Å². The van der Waals surface area contributed by atoms with E-state index in [2.05, 4.69) is 34.5 Å². The molecule has 1 aromatic carbocycles. The smallest absolute Gasteiger partial charge is 0.314 e. The molecule has 0 spiro atoms. The Bertz CT molecular complexity index is 735. The Morgan fingerprint density at radius 1 is 1.07 bits per heavy atom. The molecule has 6 nitrogen and oxygen atoms in total. The zero-order chi connectivity index (χ0) is 20.5. The van der Waals surface area contributed by atoms with Crippen LogP contribution in [0.3, 0.4) is 0 Å². The quantitative estimate of drug-likeness (QED) is 0.637. The zero-order valence-corrected chi connectivity index (χ0v) is 17.8. The van der Waals surface area contributed by atoms with Crippen LogP contribution in [0, 0.1) is 11.8 Å². The fourth-order valence-electron chi connectivity index (χ4n) is 4.23. The van der Waals surface area contributed by atoms with Crippen molar-refractivity contribution in [1.29, 1.82) is 0 Å². The predicted octanol–water partition coefficient (Wildman–Crippen LogP) is 3.47. The van der Waals surface area contributed by atoms with Gasteiger partial charge in [-0.25, -0.2) is 9.48 Å². The molecule has 2 amide bonds. The van der Waals surface area contributed by atoms with Crippen LogP contribution >= 0.6 is 0 Å². The number of carbonyl (C=O) groups is 1. The summed E-state index contributed by atoms with van der Waals surface area (Å²) >= 11 is 0. The van der Waals surface area contributed by atoms with Gasteiger partial charge < -0.3 is 15.5 Å². The lowest BCUT2D eigenvalue weighted by Gasteiger charge is -2.34. The maximum Gasteiger partial charge on any atom is 0.314 e. The minimum absolute atomic E-state index is 0.0827. The van der Waals surface area contributed by atoms with Crippen LogP contribution in [0.1, 0.15) is 38.7 Å². The summed E-state index contributed by atoms with van der Waals surface area (Å²) in [6, 6.07) is 9.95. The molecule has 3 rings (SSSR count). The minimum Gasteiger partial charge on any atom is -0.338 e. The summed E-state index contributed by atoms with van der Waals surface area (Å²) in [4.78, 5) is 14.5. The van der Waals surface area contributed by atoms with Gasteiger partial charge >= 0.3 is 6.03 Å². The second kappa shape index (κ2) is 11.0.